The third kappa shape index (κ3) is 1.89. The minimum Gasteiger partial charge on any atom is -0.489 e. The summed E-state index contributed by atoms with van der Waals surface area (Å²) >= 11 is 3.45. The van der Waals surface area contributed by atoms with Crippen LogP contribution >= 0.6 is 15.9 Å². The lowest BCUT2D eigenvalue weighted by atomic mass is 9.69. The Balaban J connectivity index is 1.97. The number of carbonyl (C=O) groups excluding carboxylic acids is 2. The molecule has 0 saturated carbocycles. The first-order chi connectivity index (χ1) is 10.9. The zero-order valence-electron chi connectivity index (χ0n) is 12.8. The van der Waals surface area contributed by atoms with Gasteiger partial charge >= 0.3 is 6.03 Å². The predicted molar refractivity (Wildman–Crippen MR) is 85.1 cm³/mol. The monoisotopic (exact) mass is 380 g/mol. The SMILES string of the molecule is C[C@@H]1OCC[C@H]2Oc3ccc(Br)cc3[C@@]3(NC(=O)N(C)C3=O)[C@H]12. The maximum atomic E-state index is 13.1. The number of rotatable bonds is 0. The summed E-state index contributed by atoms with van der Waals surface area (Å²) in [6.07, 6.45) is 0.332. The van der Waals surface area contributed by atoms with Crippen LogP contribution < -0.4 is 10.1 Å². The number of benzene rings is 1. The first-order valence-electron chi connectivity index (χ1n) is 7.63. The van der Waals surface area contributed by atoms with Gasteiger partial charge in [0, 0.05) is 23.5 Å². The Labute approximate surface area is 142 Å². The van der Waals surface area contributed by atoms with E-state index in [1.165, 1.54) is 7.05 Å². The van der Waals surface area contributed by atoms with Crippen molar-refractivity contribution in [3.05, 3.63) is 28.2 Å². The number of hydrogen-bond donors (Lipinski definition) is 1. The van der Waals surface area contributed by atoms with Crippen molar-refractivity contribution in [3.8, 4) is 5.75 Å². The number of imide groups is 1. The van der Waals surface area contributed by atoms with Gasteiger partial charge in [-0.25, -0.2) is 4.79 Å². The lowest BCUT2D eigenvalue weighted by Gasteiger charge is -2.49. The second-order valence-electron chi connectivity index (χ2n) is 6.29. The van der Waals surface area contributed by atoms with Crippen molar-refractivity contribution in [2.45, 2.75) is 31.1 Å². The lowest BCUT2D eigenvalue weighted by Crippen LogP contribution is -2.63. The third-order valence-corrected chi connectivity index (χ3v) is 5.58. The Morgan fingerprint density at radius 2 is 2.17 bits per heavy atom. The van der Waals surface area contributed by atoms with E-state index in [1.54, 1.807) is 0 Å². The van der Waals surface area contributed by atoms with E-state index in [-0.39, 0.29) is 30.1 Å². The molecule has 1 spiro atoms. The average Bonchev–Trinajstić information content (AvgIpc) is 2.74. The quantitative estimate of drug-likeness (QED) is 0.699. The van der Waals surface area contributed by atoms with Gasteiger partial charge < -0.3 is 14.8 Å². The number of likely N-dealkylation sites (N-methyl/N-ethyl adjacent to an activating group) is 1. The van der Waals surface area contributed by atoms with E-state index < -0.39 is 5.54 Å². The normalized spacial score (nSPS) is 35.6. The highest BCUT2D eigenvalue weighted by atomic mass is 79.9. The van der Waals surface area contributed by atoms with Crippen molar-refractivity contribution in [1.29, 1.82) is 0 Å². The average molecular weight is 381 g/mol. The molecule has 1 N–H and O–H groups in total. The van der Waals surface area contributed by atoms with Crippen molar-refractivity contribution < 1.29 is 19.1 Å². The minimum atomic E-state index is -1.13. The van der Waals surface area contributed by atoms with Crippen molar-refractivity contribution in [3.63, 3.8) is 0 Å². The van der Waals surface area contributed by atoms with Gasteiger partial charge in [0.15, 0.2) is 5.54 Å². The van der Waals surface area contributed by atoms with Crippen LogP contribution in [0.25, 0.3) is 0 Å². The minimum absolute atomic E-state index is 0.164. The molecule has 1 aromatic carbocycles. The van der Waals surface area contributed by atoms with Gasteiger partial charge in [0.05, 0.1) is 18.6 Å². The van der Waals surface area contributed by atoms with Crippen molar-refractivity contribution in [2.75, 3.05) is 13.7 Å². The molecule has 4 rings (SSSR count). The molecule has 6 nitrogen and oxygen atoms in total. The number of nitrogens with one attached hydrogen (secondary N) is 1. The topological polar surface area (TPSA) is 67.9 Å². The van der Waals surface area contributed by atoms with Gasteiger partial charge in [-0.05, 0) is 25.1 Å². The summed E-state index contributed by atoms with van der Waals surface area (Å²) in [5.74, 6) is 0.129. The van der Waals surface area contributed by atoms with E-state index in [2.05, 4.69) is 21.2 Å². The zero-order valence-corrected chi connectivity index (χ0v) is 14.4. The summed E-state index contributed by atoms with van der Waals surface area (Å²) in [5, 5.41) is 2.94. The fourth-order valence-corrected chi connectivity index (χ4v) is 4.41. The second-order valence-corrected chi connectivity index (χ2v) is 7.21. The number of urea groups is 1. The first kappa shape index (κ1) is 15.0. The van der Waals surface area contributed by atoms with Crippen LogP contribution in [0.4, 0.5) is 4.79 Å². The molecule has 122 valence electrons. The largest absolute Gasteiger partial charge is 0.489 e. The van der Waals surface area contributed by atoms with Crippen LogP contribution in [0.15, 0.2) is 22.7 Å². The second kappa shape index (κ2) is 4.95. The molecule has 3 amide bonds. The van der Waals surface area contributed by atoms with Gasteiger partial charge in [0.25, 0.3) is 5.91 Å². The smallest absolute Gasteiger partial charge is 0.325 e. The van der Waals surface area contributed by atoms with Crippen molar-refractivity contribution in [2.24, 2.45) is 5.92 Å². The highest BCUT2D eigenvalue weighted by Crippen LogP contribution is 2.50. The molecule has 23 heavy (non-hydrogen) atoms. The molecule has 2 fully saturated rings. The van der Waals surface area contributed by atoms with Crippen LogP contribution in [-0.4, -0.2) is 42.7 Å². The number of hydrogen-bond acceptors (Lipinski definition) is 4. The van der Waals surface area contributed by atoms with E-state index in [4.69, 9.17) is 9.47 Å². The van der Waals surface area contributed by atoms with Crippen LogP contribution in [0.5, 0.6) is 5.75 Å². The highest BCUT2D eigenvalue weighted by molar-refractivity contribution is 9.10. The molecule has 0 unspecified atom stereocenters. The Bertz CT molecular complexity index is 709. The molecule has 2 saturated heterocycles. The molecule has 1 aromatic rings. The molecule has 3 heterocycles. The number of halogens is 1. The van der Waals surface area contributed by atoms with Crippen LogP contribution in [0.3, 0.4) is 0 Å². The van der Waals surface area contributed by atoms with Gasteiger partial charge in [0.2, 0.25) is 0 Å². The van der Waals surface area contributed by atoms with Gasteiger partial charge in [-0.2, -0.15) is 0 Å². The third-order valence-electron chi connectivity index (χ3n) is 5.08. The van der Waals surface area contributed by atoms with Crippen LogP contribution in [0, 0.1) is 5.92 Å². The summed E-state index contributed by atoms with van der Waals surface area (Å²) in [6, 6.07) is 5.18. The highest BCUT2D eigenvalue weighted by Gasteiger charge is 2.64. The molecule has 7 heteroatoms. The van der Waals surface area contributed by atoms with Crippen molar-refractivity contribution >= 4 is 27.9 Å². The molecule has 0 aliphatic carbocycles. The van der Waals surface area contributed by atoms with Crippen LogP contribution in [0.1, 0.15) is 18.9 Å². The lowest BCUT2D eigenvalue weighted by molar-refractivity contribution is -0.151. The van der Waals surface area contributed by atoms with E-state index in [0.29, 0.717) is 24.3 Å². The summed E-state index contributed by atoms with van der Waals surface area (Å²) in [6.45, 7) is 2.52. The van der Waals surface area contributed by atoms with Gasteiger partial charge in [0.1, 0.15) is 11.9 Å². The Hall–Kier alpha value is -1.60. The number of carbonyl (C=O) groups is 2. The van der Waals surface area contributed by atoms with Gasteiger partial charge in [-0.1, -0.05) is 15.9 Å². The number of fused-ring (bicyclic) bond motifs is 4. The molecular formula is C16H17BrN2O4. The number of nitrogens with zero attached hydrogens (tertiary/aromatic N) is 1. The van der Waals surface area contributed by atoms with Crippen LogP contribution in [-0.2, 0) is 15.1 Å². The summed E-state index contributed by atoms with van der Waals surface area (Å²) in [4.78, 5) is 26.5. The van der Waals surface area contributed by atoms with E-state index in [1.807, 2.05) is 25.1 Å². The maximum absolute atomic E-state index is 13.1. The van der Waals surface area contributed by atoms with Crippen molar-refractivity contribution in [1.82, 2.24) is 10.2 Å². The van der Waals surface area contributed by atoms with Gasteiger partial charge in [-0.15, -0.1) is 0 Å². The van der Waals surface area contributed by atoms with E-state index in [0.717, 1.165) is 9.37 Å². The first-order valence-corrected chi connectivity index (χ1v) is 8.43. The Morgan fingerprint density at radius 3 is 2.87 bits per heavy atom. The summed E-state index contributed by atoms with van der Waals surface area (Å²) < 4.78 is 12.8. The predicted octanol–water partition coefficient (Wildman–Crippen LogP) is 2.01. The zero-order chi connectivity index (χ0) is 16.4. The fourth-order valence-electron chi connectivity index (χ4n) is 4.05. The molecule has 0 bridgehead atoms. The molecule has 4 atom stereocenters. The molecular weight excluding hydrogens is 364 g/mol. The number of ether oxygens (including phenoxy) is 2. The van der Waals surface area contributed by atoms with E-state index in [9.17, 15) is 9.59 Å². The van der Waals surface area contributed by atoms with E-state index >= 15 is 0 Å². The fraction of sp³-hybridized carbons (Fsp3) is 0.500. The molecule has 0 radical (unpaired) electrons. The summed E-state index contributed by atoms with van der Waals surface area (Å²) in [7, 11) is 1.50. The molecule has 3 aliphatic heterocycles. The van der Waals surface area contributed by atoms with Crippen LogP contribution in [0.2, 0.25) is 0 Å². The standard InChI is InChI=1S/C16H17BrN2O4/c1-8-13-12(5-6-22-8)23-11-4-3-9(17)7-10(11)16(13)14(20)19(2)15(21)18-16/h3-4,7-8,12-13H,5-6H2,1-2H3,(H,18,21)/t8-,12+,13+,16+/m0/s1. The Morgan fingerprint density at radius 1 is 1.39 bits per heavy atom. The number of amides is 3. The Kier molecular flexibility index (Phi) is 3.22. The summed E-state index contributed by atoms with van der Waals surface area (Å²) in [5.41, 5.74) is -0.443. The van der Waals surface area contributed by atoms with Gasteiger partial charge in [-0.3, -0.25) is 9.69 Å². The molecule has 3 aliphatic rings. The molecule has 0 aromatic heterocycles. The maximum Gasteiger partial charge on any atom is 0.325 e.